The number of allylic oxidation sites excluding steroid dienone is 1. The van der Waals surface area contributed by atoms with Crippen molar-refractivity contribution in [2.24, 2.45) is 5.92 Å². The van der Waals surface area contributed by atoms with Gasteiger partial charge in [0.25, 0.3) is 0 Å². The number of ether oxygens (including phenoxy) is 1. The minimum atomic E-state index is 0.259. The first kappa shape index (κ1) is 8.56. The number of hydrogen-bond donors (Lipinski definition) is 2. The van der Waals surface area contributed by atoms with Crippen LogP contribution < -0.4 is 10.9 Å². The minimum absolute atomic E-state index is 0.259. The fourth-order valence-corrected chi connectivity index (χ4v) is 1.22. The number of hydrogen-bond acceptors (Lipinski definition) is 3. The van der Waals surface area contributed by atoms with E-state index >= 15 is 0 Å². The molecule has 0 aromatic rings. The van der Waals surface area contributed by atoms with Crippen LogP contribution in [-0.4, -0.2) is 19.2 Å². The highest BCUT2D eigenvalue weighted by molar-refractivity contribution is 4.81. The topological polar surface area (TPSA) is 33.3 Å². The maximum atomic E-state index is 5.46. The summed E-state index contributed by atoms with van der Waals surface area (Å²) < 4.78 is 5.46. The summed E-state index contributed by atoms with van der Waals surface area (Å²) in [7, 11) is 0. The molecule has 1 saturated heterocycles. The molecule has 0 aromatic heterocycles. The second-order valence-electron chi connectivity index (χ2n) is 3.05. The van der Waals surface area contributed by atoms with Gasteiger partial charge in [0, 0.05) is 19.0 Å². The van der Waals surface area contributed by atoms with Gasteiger partial charge in [-0.3, -0.25) is 10.9 Å². The van der Waals surface area contributed by atoms with Crippen LogP contribution in [0.15, 0.2) is 12.3 Å². The van der Waals surface area contributed by atoms with E-state index in [0.717, 1.165) is 18.8 Å². The Morgan fingerprint density at radius 1 is 1.55 bits per heavy atom. The maximum Gasteiger partial charge on any atom is 0.101 e. The molecule has 1 heterocycles. The normalized spacial score (nSPS) is 21.6. The van der Waals surface area contributed by atoms with Crippen molar-refractivity contribution in [2.75, 3.05) is 13.1 Å². The molecule has 11 heavy (non-hydrogen) atoms. The summed E-state index contributed by atoms with van der Waals surface area (Å²) in [6, 6.07) is 0. The molecule has 64 valence electrons. The smallest absolute Gasteiger partial charge is 0.101 e. The molecule has 0 spiro atoms. The van der Waals surface area contributed by atoms with E-state index in [2.05, 4.69) is 24.4 Å². The molecular weight excluding hydrogens is 140 g/mol. The van der Waals surface area contributed by atoms with Crippen molar-refractivity contribution in [3.05, 3.63) is 12.3 Å². The molecule has 0 saturated carbocycles. The quantitative estimate of drug-likeness (QED) is 0.589. The zero-order chi connectivity index (χ0) is 8.27. The van der Waals surface area contributed by atoms with Gasteiger partial charge in [0.15, 0.2) is 0 Å². The predicted octanol–water partition coefficient (Wildman–Crippen LogP) is 0.649. The number of nitrogens with one attached hydrogen (secondary N) is 2. The number of hydrazine groups is 1. The van der Waals surface area contributed by atoms with Crippen LogP contribution >= 0.6 is 0 Å². The Morgan fingerprint density at radius 3 is 2.55 bits per heavy atom. The fraction of sp³-hybridized carbons (Fsp3) is 0.750. The lowest BCUT2D eigenvalue weighted by molar-refractivity contribution is 0.0923. The Balaban J connectivity index is 2.28. The third kappa shape index (κ3) is 2.52. The lowest BCUT2D eigenvalue weighted by Gasteiger charge is -2.19. The third-order valence-electron chi connectivity index (χ3n) is 1.90. The minimum Gasteiger partial charge on any atom is -0.496 e. The summed E-state index contributed by atoms with van der Waals surface area (Å²) in [6.07, 6.45) is 0.259. The monoisotopic (exact) mass is 156 g/mol. The summed E-state index contributed by atoms with van der Waals surface area (Å²) >= 11 is 0. The largest absolute Gasteiger partial charge is 0.496 e. The maximum absolute atomic E-state index is 5.46. The SMILES string of the molecule is C=C(C)OC(C)C1CNNC1. The van der Waals surface area contributed by atoms with Gasteiger partial charge < -0.3 is 4.74 Å². The van der Waals surface area contributed by atoms with Crippen LogP contribution in [0.5, 0.6) is 0 Å². The van der Waals surface area contributed by atoms with Gasteiger partial charge in [0.2, 0.25) is 0 Å². The van der Waals surface area contributed by atoms with Crippen molar-refractivity contribution in [3.63, 3.8) is 0 Å². The van der Waals surface area contributed by atoms with E-state index in [9.17, 15) is 0 Å². The molecule has 2 N–H and O–H groups in total. The molecule has 3 heteroatoms. The molecule has 1 rings (SSSR count). The van der Waals surface area contributed by atoms with Crippen LogP contribution in [-0.2, 0) is 4.74 Å². The van der Waals surface area contributed by atoms with Gasteiger partial charge in [0.1, 0.15) is 6.10 Å². The average molecular weight is 156 g/mol. The Kier molecular flexibility index (Phi) is 2.91. The molecular formula is C8H16N2O. The van der Waals surface area contributed by atoms with Crippen LogP contribution in [0.1, 0.15) is 13.8 Å². The molecule has 0 aromatic carbocycles. The Bertz CT molecular complexity index is 141. The molecule has 1 atom stereocenters. The standard InChI is InChI=1S/C8H16N2O/c1-6(2)11-7(3)8-4-9-10-5-8/h7-10H,1,4-5H2,2-3H3. The van der Waals surface area contributed by atoms with Gasteiger partial charge in [-0.05, 0) is 13.8 Å². The molecule has 1 aliphatic heterocycles. The van der Waals surface area contributed by atoms with E-state index in [4.69, 9.17) is 4.74 Å². The van der Waals surface area contributed by atoms with Crippen LogP contribution in [0.25, 0.3) is 0 Å². The fourth-order valence-electron chi connectivity index (χ4n) is 1.22. The number of rotatable bonds is 3. The van der Waals surface area contributed by atoms with Crippen molar-refractivity contribution in [3.8, 4) is 0 Å². The molecule has 0 bridgehead atoms. The van der Waals surface area contributed by atoms with Gasteiger partial charge in [0.05, 0.1) is 5.76 Å². The lowest BCUT2D eigenvalue weighted by atomic mass is 10.1. The summed E-state index contributed by atoms with van der Waals surface area (Å²) in [5.41, 5.74) is 6.13. The Hall–Kier alpha value is -0.540. The highest BCUT2D eigenvalue weighted by atomic mass is 16.5. The van der Waals surface area contributed by atoms with Crippen LogP contribution in [0.2, 0.25) is 0 Å². The average Bonchev–Trinajstić information content (AvgIpc) is 2.35. The third-order valence-corrected chi connectivity index (χ3v) is 1.90. The first-order valence-electron chi connectivity index (χ1n) is 3.98. The molecule has 0 amide bonds. The summed E-state index contributed by atoms with van der Waals surface area (Å²) in [5.74, 6) is 1.36. The van der Waals surface area contributed by atoms with Gasteiger partial charge in [-0.1, -0.05) is 6.58 Å². The van der Waals surface area contributed by atoms with E-state index in [1.54, 1.807) is 0 Å². The first-order valence-corrected chi connectivity index (χ1v) is 3.98. The molecule has 1 aliphatic rings. The van der Waals surface area contributed by atoms with Crippen LogP contribution in [0, 0.1) is 5.92 Å². The van der Waals surface area contributed by atoms with E-state index < -0.39 is 0 Å². The van der Waals surface area contributed by atoms with E-state index in [1.807, 2.05) is 6.92 Å². The summed E-state index contributed by atoms with van der Waals surface area (Å²) in [4.78, 5) is 0. The lowest BCUT2D eigenvalue weighted by Crippen LogP contribution is -2.23. The molecule has 0 radical (unpaired) electrons. The Labute approximate surface area is 67.8 Å². The molecule has 1 fully saturated rings. The van der Waals surface area contributed by atoms with E-state index in [1.165, 1.54) is 0 Å². The van der Waals surface area contributed by atoms with Crippen molar-refractivity contribution >= 4 is 0 Å². The Morgan fingerprint density at radius 2 is 2.09 bits per heavy atom. The highest BCUT2D eigenvalue weighted by Crippen LogP contribution is 2.11. The van der Waals surface area contributed by atoms with Crippen LogP contribution in [0.3, 0.4) is 0 Å². The van der Waals surface area contributed by atoms with E-state index in [0.29, 0.717) is 5.92 Å². The zero-order valence-corrected chi connectivity index (χ0v) is 7.18. The van der Waals surface area contributed by atoms with Crippen molar-refractivity contribution < 1.29 is 4.74 Å². The van der Waals surface area contributed by atoms with Gasteiger partial charge in [-0.25, -0.2) is 0 Å². The van der Waals surface area contributed by atoms with E-state index in [-0.39, 0.29) is 6.10 Å². The second-order valence-corrected chi connectivity index (χ2v) is 3.05. The second kappa shape index (κ2) is 3.74. The predicted molar refractivity (Wildman–Crippen MR) is 44.9 cm³/mol. The zero-order valence-electron chi connectivity index (χ0n) is 7.18. The molecule has 3 nitrogen and oxygen atoms in total. The summed E-state index contributed by atoms with van der Waals surface area (Å²) in [6.45, 7) is 9.62. The van der Waals surface area contributed by atoms with Gasteiger partial charge in [-0.15, -0.1) is 0 Å². The summed E-state index contributed by atoms with van der Waals surface area (Å²) in [5, 5.41) is 0. The highest BCUT2D eigenvalue weighted by Gasteiger charge is 2.21. The first-order chi connectivity index (χ1) is 5.20. The molecule has 1 unspecified atom stereocenters. The van der Waals surface area contributed by atoms with Crippen molar-refractivity contribution in [1.29, 1.82) is 0 Å². The van der Waals surface area contributed by atoms with Gasteiger partial charge >= 0.3 is 0 Å². The van der Waals surface area contributed by atoms with Gasteiger partial charge in [-0.2, -0.15) is 0 Å². The van der Waals surface area contributed by atoms with Crippen molar-refractivity contribution in [2.45, 2.75) is 20.0 Å². The molecule has 0 aliphatic carbocycles. The van der Waals surface area contributed by atoms with Crippen LogP contribution in [0.4, 0.5) is 0 Å². The van der Waals surface area contributed by atoms with Crippen molar-refractivity contribution in [1.82, 2.24) is 10.9 Å².